The van der Waals surface area contributed by atoms with Crippen LogP contribution in [0.25, 0.3) is 6.08 Å². The molecule has 0 N–H and O–H groups in total. The van der Waals surface area contributed by atoms with Gasteiger partial charge in [-0.2, -0.15) is 0 Å². The van der Waals surface area contributed by atoms with Gasteiger partial charge in [0.15, 0.2) is 0 Å². The summed E-state index contributed by atoms with van der Waals surface area (Å²) in [6, 6.07) is 7.80. The predicted octanol–water partition coefficient (Wildman–Crippen LogP) is 4.10. The van der Waals surface area contributed by atoms with E-state index in [1.165, 1.54) is 16.7 Å². The minimum Gasteiger partial charge on any atom is -0.334 e. The third-order valence-electron chi connectivity index (χ3n) is 4.88. The Morgan fingerprint density at radius 3 is 2.96 bits per heavy atom. The second kappa shape index (κ2) is 8.55. The number of hydrogen-bond donors (Lipinski definition) is 0. The molecule has 2 saturated heterocycles. The van der Waals surface area contributed by atoms with Crippen LogP contribution in [-0.2, 0) is 9.59 Å². The first-order valence-electron chi connectivity index (χ1n) is 9.12. The Labute approximate surface area is 177 Å². The van der Waals surface area contributed by atoms with Crippen LogP contribution in [0.3, 0.4) is 0 Å². The van der Waals surface area contributed by atoms with Crippen LogP contribution in [0.2, 0.25) is 0 Å². The molecule has 4 heterocycles. The van der Waals surface area contributed by atoms with Gasteiger partial charge in [0.25, 0.3) is 5.91 Å². The molecule has 0 aliphatic carbocycles. The van der Waals surface area contributed by atoms with Gasteiger partial charge in [-0.3, -0.25) is 19.5 Å². The fourth-order valence-corrected chi connectivity index (χ4v) is 5.49. The molecule has 2 aliphatic rings. The molecule has 0 saturated carbocycles. The minimum absolute atomic E-state index is 0.00927. The van der Waals surface area contributed by atoms with Crippen molar-refractivity contribution in [3.05, 3.63) is 57.4 Å². The Bertz CT molecular complexity index is 912. The summed E-state index contributed by atoms with van der Waals surface area (Å²) < 4.78 is 0.441. The van der Waals surface area contributed by atoms with Gasteiger partial charge in [0.05, 0.1) is 10.9 Å². The number of pyridine rings is 1. The molecular weight excluding hydrogens is 410 g/mol. The minimum atomic E-state index is -0.188. The Morgan fingerprint density at radius 1 is 1.32 bits per heavy atom. The lowest BCUT2D eigenvalue weighted by atomic mass is 9.96. The summed E-state index contributed by atoms with van der Waals surface area (Å²) in [5, 5.41) is 1.96. The van der Waals surface area contributed by atoms with E-state index < -0.39 is 0 Å². The number of piperidine rings is 1. The van der Waals surface area contributed by atoms with Crippen LogP contribution in [0.5, 0.6) is 0 Å². The van der Waals surface area contributed by atoms with Crippen LogP contribution in [0, 0.1) is 0 Å². The smallest absolute Gasteiger partial charge is 0.266 e. The lowest BCUT2D eigenvalue weighted by Crippen LogP contribution is -2.45. The van der Waals surface area contributed by atoms with Gasteiger partial charge >= 0.3 is 0 Å². The van der Waals surface area contributed by atoms with Crippen molar-refractivity contribution >= 4 is 57.5 Å². The summed E-state index contributed by atoms with van der Waals surface area (Å²) in [4.78, 5) is 34.9. The molecule has 4 rings (SSSR count). The monoisotopic (exact) mass is 429 g/mol. The number of hydrogen-bond acceptors (Lipinski definition) is 6. The van der Waals surface area contributed by atoms with Gasteiger partial charge < -0.3 is 4.90 Å². The Morgan fingerprint density at radius 2 is 2.21 bits per heavy atom. The zero-order valence-corrected chi connectivity index (χ0v) is 17.6. The Kier molecular flexibility index (Phi) is 5.89. The topological polar surface area (TPSA) is 53.5 Å². The lowest BCUT2D eigenvalue weighted by Gasteiger charge is -2.36. The van der Waals surface area contributed by atoms with E-state index in [1.54, 1.807) is 17.5 Å². The van der Waals surface area contributed by atoms with Crippen LogP contribution >= 0.6 is 35.3 Å². The summed E-state index contributed by atoms with van der Waals surface area (Å²) in [6.07, 6.45) is 8.35. The Balaban J connectivity index is 1.49. The number of likely N-dealkylation sites (tertiary alicyclic amines) is 1. The van der Waals surface area contributed by atoms with Crippen molar-refractivity contribution in [1.29, 1.82) is 0 Å². The molecule has 2 fully saturated rings. The lowest BCUT2D eigenvalue weighted by molar-refractivity contribution is -0.138. The number of carbonyl (C=O) groups excluding carboxylic acids is 2. The number of nitrogens with zero attached hydrogens (tertiary/aromatic N) is 3. The molecule has 0 aromatic carbocycles. The third kappa shape index (κ3) is 4.04. The van der Waals surface area contributed by atoms with Crippen molar-refractivity contribution in [3.8, 4) is 0 Å². The molecule has 2 aromatic heterocycles. The molecule has 2 aliphatic heterocycles. The predicted molar refractivity (Wildman–Crippen MR) is 117 cm³/mol. The van der Waals surface area contributed by atoms with Crippen LogP contribution in [0.4, 0.5) is 0 Å². The largest absolute Gasteiger partial charge is 0.334 e. The fraction of sp³-hybridized carbons (Fsp3) is 0.300. The molecule has 0 radical (unpaired) electrons. The summed E-state index contributed by atoms with van der Waals surface area (Å²) in [5.74, 6) is -0.256. The van der Waals surface area contributed by atoms with E-state index in [2.05, 4.69) is 4.98 Å². The first kappa shape index (κ1) is 19.3. The van der Waals surface area contributed by atoms with Crippen molar-refractivity contribution in [2.45, 2.75) is 25.3 Å². The van der Waals surface area contributed by atoms with E-state index in [0.29, 0.717) is 15.8 Å². The SMILES string of the molecule is O=C1/C(=C/c2cccs2)SC(=S)N1CC(=O)N1CCCCC1c1cccnc1. The van der Waals surface area contributed by atoms with E-state index in [1.807, 2.05) is 46.8 Å². The number of rotatable bonds is 4. The van der Waals surface area contributed by atoms with Gasteiger partial charge in [0.2, 0.25) is 5.91 Å². The van der Waals surface area contributed by atoms with Crippen molar-refractivity contribution < 1.29 is 9.59 Å². The van der Waals surface area contributed by atoms with Crippen molar-refractivity contribution in [2.24, 2.45) is 0 Å². The van der Waals surface area contributed by atoms with Gasteiger partial charge in [0.1, 0.15) is 10.9 Å². The van der Waals surface area contributed by atoms with Gasteiger partial charge in [0, 0.05) is 23.8 Å². The highest BCUT2D eigenvalue weighted by Crippen LogP contribution is 2.35. The molecule has 0 bridgehead atoms. The first-order valence-corrected chi connectivity index (χ1v) is 11.2. The zero-order chi connectivity index (χ0) is 19.5. The third-order valence-corrected chi connectivity index (χ3v) is 7.07. The second-order valence-corrected chi connectivity index (χ2v) is 9.32. The highest BCUT2D eigenvalue weighted by molar-refractivity contribution is 8.26. The van der Waals surface area contributed by atoms with Gasteiger partial charge in [-0.25, -0.2) is 0 Å². The zero-order valence-electron chi connectivity index (χ0n) is 15.1. The van der Waals surface area contributed by atoms with Crippen LogP contribution < -0.4 is 0 Å². The molecule has 1 atom stereocenters. The van der Waals surface area contributed by atoms with Crippen molar-refractivity contribution in [1.82, 2.24) is 14.8 Å². The molecule has 2 aromatic rings. The molecule has 8 heteroatoms. The number of thiophene rings is 1. The molecular formula is C20H19N3O2S3. The van der Waals surface area contributed by atoms with Gasteiger partial charge in [-0.05, 0) is 48.4 Å². The molecule has 28 heavy (non-hydrogen) atoms. The maximum absolute atomic E-state index is 13.1. The number of thiocarbonyl (C=S) groups is 1. The molecule has 1 unspecified atom stereocenters. The number of amides is 2. The highest BCUT2D eigenvalue weighted by atomic mass is 32.2. The van der Waals surface area contributed by atoms with E-state index in [0.717, 1.165) is 29.7 Å². The highest BCUT2D eigenvalue weighted by Gasteiger charge is 2.36. The Hall–Kier alpha value is -2.03. The molecule has 5 nitrogen and oxygen atoms in total. The first-order chi connectivity index (χ1) is 13.6. The molecule has 2 amide bonds. The standard InChI is InChI=1S/C20H19N3O2S3/c24-18(22-9-2-1-7-16(22)14-5-3-8-21-12-14)13-23-19(25)17(28-20(23)26)11-15-6-4-10-27-15/h3-6,8,10-12,16H,1-2,7,9,13H2/b17-11-. The summed E-state index contributed by atoms with van der Waals surface area (Å²) in [6.45, 7) is 0.682. The fourth-order valence-electron chi connectivity index (χ4n) is 3.51. The van der Waals surface area contributed by atoms with E-state index in [4.69, 9.17) is 12.2 Å². The van der Waals surface area contributed by atoms with Crippen molar-refractivity contribution in [2.75, 3.05) is 13.1 Å². The van der Waals surface area contributed by atoms with Crippen LogP contribution in [0.15, 0.2) is 46.9 Å². The summed E-state index contributed by atoms with van der Waals surface area (Å²) >= 11 is 8.21. The maximum atomic E-state index is 13.1. The average Bonchev–Trinajstić information content (AvgIpc) is 3.33. The number of aromatic nitrogens is 1. The normalized spacial score (nSPS) is 21.6. The van der Waals surface area contributed by atoms with Crippen LogP contribution in [-0.4, -0.2) is 44.0 Å². The molecule has 144 valence electrons. The molecule has 0 spiro atoms. The average molecular weight is 430 g/mol. The number of carbonyl (C=O) groups is 2. The van der Waals surface area contributed by atoms with Crippen molar-refractivity contribution in [3.63, 3.8) is 0 Å². The van der Waals surface area contributed by atoms with E-state index in [-0.39, 0.29) is 24.4 Å². The number of thioether (sulfide) groups is 1. The van der Waals surface area contributed by atoms with Gasteiger partial charge in [-0.1, -0.05) is 36.1 Å². The summed E-state index contributed by atoms with van der Waals surface area (Å²) in [7, 11) is 0. The van der Waals surface area contributed by atoms with E-state index >= 15 is 0 Å². The van der Waals surface area contributed by atoms with Crippen LogP contribution in [0.1, 0.15) is 35.7 Å². The quantitative estimate of drug-likeness (QED) is 0.541. The summed E-state index contributed by atoms with van der Waals surface area (Å²) in [5.41, 5.74) is 1.04. The second-order valence-electron chi connectivity index (χ2n) is 6.67. The maximum Gasteiger partial charge on any atom is 0.266 e. The van der Waals surface area contributed by atoms with E-state index in [9.17, 15) is 9.59 Å². The van der Waals surface area contributed by atoms with Gasteiger partial charge in [-0.15, -0.1) is 11.3 Å².